The molecule has 0 aliphatic heterocycles. The number of aromatic nitrogens is 3. The van der Waals surface area contributed by atoms with Crippen LogP contribution in [0.1, 0.15) is 23.0 Å². The van der Waals surface area contributed by atoms with Crippen LogP contribution in [0.4, 0.5) is 0 Å². The number of H-pyrrole nitrogens is 1. The largest absolute Gasteiger partial charge is 0.419 e. The van der Waals surface area contributed by atoms with Crippen LogP contribution in [0.15, 0.2) is 24.4 Å². The summed E-state index contributed by atoms with van der Waals surface area (Å²) in [5.74, 6) is 0.853. The van der Waals surface area contributed by atoms with Gasteiger partial charge in [-0.3, -0.25) is 9.89 Å². The number of nitrogens with zero attached hydrogens (tertiary/aromatic N) is 2. The van der Waals surface area contributed by atoms with Crippen LogP contribution >= 0.6 is 0 Å². The molecule has 0 aliphatic carbocycles. The molecule has 2 heterocycles. The molecule has 0 saturated heterocycles. The van der Waals surface area contributed by atoms with Gasteiger partial charge in [-0.05, 0) is 19.9 Å². The summed E-state index contributed by atoms with van der Waals surface area (Å²) in [6, 6.07) is 5.07. The number of nitrogens with one attached hydrogen (secondary N) is 1. The highest BCUT2D eigenvalue weighted by Gasteiger charge is 2.03. The molecule has 5 heteroatoms. The van der Waals surface area contributed by atoms with Gasteiger partial charge in [-0.25, -0.2) is 4.98 Å². The van der Waals surface area contributed by atoms with Crippen LogP contribution in [-0.4, -0.2) is 21.0 Å². The van der Waals surface area contributed by atoms with Gasteiger partial charge in [0.25, 0.3) is 0 Å². The van der Waals surface area contributed by atoms with Gasteiger partial charge in [0.1, 0.15) is 0 Å². The van der Waals surface area contributed by atoms with Crippen molar-refractivity contribution in [3.63, 3.8) is 0 Å². The molecule has 1 N–H and O–H groups in total. The van der Waals surface area contributed by atoms with Crippen molar-refractivity contribution in [3.8, 4) is 11.8 Å². The van der Waals surface area contributed by atoms with Gasteiger partial charge < -0.3 is 4.74 Å². The van der Waals surface area contributed by atoms with E-state index in [0.29, 0.717) is 17.3 Å². The second kappa shape index (κ2) is 4.14. The first kappa shape index (κ1) is 10.4. The molecule has 2 aromatic rings. The third-order valence-corrected chi connectivity index (χ3v) is 2.03. The molecule has 0 fully saturated rings. The minimum absolute atomic E-state index is 0.0188. The van der Waals surface area contributed by atoms with Crippen molar-refractivity contribution in [3.05, 3.63) is 35.7 Å². The number of hydrogen-bond acceptors (Lipinski definition) is 4. The molecular weight excluding hydrogens is 206 g/mol. The van der Waals surface area contributed by atoms with Crippen LogP contribution in [0.3, 0.4) is 0 Å². The lowest BCUT2D eigenvalue weighted by Gasteiger charge is -2.00. The Morgan fingerprint density at radius 3 is 2.69 bits per heavy atom. The van der Waals surface area contributed by atoms with E-state index >= 15 is 0 Å². The quantitative estimate of drug-likeness (QED) is 0.799. The number of carbonyl (C=O) groups excluding carboxylic acids is 1. The topological polar surface area (TPSA) is 67.9 Å². The molecule has 0 atom stereocenters. The average molecular weight is 217 g/mol. The van der Waals surface area contributed by atoms with Gasteiger partial charge in [-0.1, -0.05) is 0 Å². The average Bonchev–Trinajstić information content (AvgIpc) is 2.65. The smallest absolute Gasteiger partial charge is 0.240 e. The van der Waals surface area contributed by atoms with E-state index in [9.17, 15) is 4.79 Å². The number of Topliss-reactive ketones (excluding diaryl/α,β-unsaturated/α-hetero) is 1. The van der Waals surface area contributed by atoms with E-state index < -0.39 is 0 Å². The summed E-state index contributed by atoms with van der Waals surface area (Å²) in [6.45, 7) is 3.38. The first-order valence-electron chi connectivity index (χ1n) is 4.82. The van der Waals surface area contributed by atoms with Crippen LogP contribution in [0.5, 0.6) is 11.8 Å². The SMILES string of the molecule is CC(=O)c1ccc(Oc2cc(C)[nH]n2)nc1. The number of ketones is 1. The van der Waals surface area contributed by atoms with E-state index in [1.165, 1.54) is 13.1 Å². The van der Waals surface area contributed by atoms with Crippen LogP contribution in [0.25, 0.3) is 0 Å². The molecule has 5 nitrogen and oxygen atoms in total. The van der Waals surface area contributed by atoms with Gasteiger partial charge in [-0.2, -0.15) is 0 Å². The molecule has 2 aromatic heterocycles. The van der Waals surface area contributed by atoms with Crippen LogP contribution in [-0.2, 0) is 0 Å². The van der Waals surface area contributed by atoms with Gasteiger partial charge in [0, 0.05) is 29.6 Å². The predicted octanol–water partition coefficient (Wildman–Crippen LogP) is 2.11. The van der Waals surface area contributed by atoms with Crippen molar-refractivity contribution in [1.29, 1.82) is 0 Å². The normalized spacial score (nSPS) is 10.1. The Hall–Kier alpha value is -2.17. The molecule has 0 spiro atoms. The van der Waals surface area contributed by atoms with Crippen molar-refractivity contribution >= 4 is 5.78 Å². The van der Waals surface area contributed by atoms with Crippen LogP contribution < -0.4 is 4.74 Å². The van der Waals surface area contributed by atoms with Gasteiger partial charge in [0.15, 0.2) is 5.78 Å². The lowest BCUT2D eigenvalue weighted by Crippen LogP contribution is -1.94. The zero-order valence-corrected chi connectivity index (χ0v) is 9.02. The monoisotopic (exact) mass is 217 g/mol. The third kappa shape index (κ3) is 2.25. The maximum Gasteiger partial charge on any atom is 0.240 e. The van der Waals surface area contributed by atoms with Crippen molar-refractivity contribution < 1.29 is 9.53 Å². The third-order valence-electron chi connectivity index (χ3n) is 2.03. The summed E-state index contributed by atoms with van der Waals surface area (Å²) in [6.07, 6.45) is 1.48. The van der Waals surface area contributed by atoms with Gasteiger partial charge in [-0.15, -0.1) is 5.10 Å². The van der Waals surface area contributed by atoms with Crippen molar-refractivity contribution in [1.82, 2.24) is 15.2 Å². The zero-order valence-electron chi connectivity index (χ0n) is 9.02. The zero-order chi connectivity index (χ0) is 11.5. The van der Waals surface area contributed by atoms with Crippen LogP contribution in [0.2, 0.25) is 0 Å². The summed E-state index contributed by atoms with van der Waals surface area (Å²) in [4.78, 5) is 15.0. The molecular formula is C11H11N3O2. The molecule has 0 unspecified atom stereocenters. The van der Waals surface area contributed by atoms with Crippen molar-refractivity contribution in [2.75, 3.05) is 0 Å². The Morgan fingerprint density at radius 1 is 1.38 bits per heavy atom. The maximum atomic E-state index is 11.0. The summed E-state index contributed by atoms with van der Waals surface area (Å²) in [7, 11) is 0. The highest BCUT2D eigenvalue weighted by molar-refractivity contribution is 5.93. The fraction of sp³-hybridized carbons (Fsp3) is 0.182. The summed E-state index contributed by atoms with van der Waals surface area (Å²) >= 11 is 0. The fourth-order valence-corrected chi connectivity index (χ4v) is 1.20. The molecule has 0 saturated carbocycles. The van der Waals surface area contributed by atoms with E-state index in [0.717, 1.165) is 5.69 Å². The summed E-state index contributed by atoms with van der Waals surface area (Å²) in [5.41, 5.74) is 1.47. The maximum absolute atomic E-state index is 11.0. The Morgan fingerprint density at radius 2 is 2.19 bits per heavy atom. The van der Waals surface area contributed by atoms with Crippen molar-refractivity contribution in [2.45, 2.75) is 13.8 Å². The summed E-state index contributed by atoms with van der Waals surface area (Å²) in [5, 5.41) is 6.68. The predicted molar refractivity (Wildman–Crippen MR) is 57.6 cm³/mol. The van der Waals surface area contributed by atoms with E-state index in [2.05, 4.69) is 15.2 Å². The van der Waals surface area contributed by atoms with Gasteiger partial charge in [0.05, 0.1) is 0 Å². The van der Waals surface area contributed by atoms with Gasteiger partial charge >= 0.3 is 0 Å². The lowest BCUT2D eigenvalue weighted by atomic mass is 10.2. The number of carbonyl (C=O) groups is 1. The second-order valence-electron chi connectivity index (χ2n) is 3.43. The van der Waals surface area contributed by atoms with Gasteiger partial charge in [0.2, 0.25) is 11.8 Å². The minimum atomic E-state index is -0.0188. The Balaban J connectivity index is 2.14. The lowest BCUT2D eigenvalue weighted by molar-refractivity contribution is 0.101. The number of rotatable bonds is 3. The number of ether oxygens (including phenoxy) is 1. The number of aryl methyl sites for hydroxylation is 1. The highest BCUT2D eigenvalue weighted by atomic mass is 16.5. The number of hydrogen-bond donors (Lipinski definition) is 1. The fourth-order valence-electron chi connectivity index (χ4n) is 1.20. The Kier molecular flexibility index (Phi) is 2.68. The number of pyridine rings is 1. The van der Waals surface area contributed by atoms with Crippen LogP contribution in [0, 0.1) is 6.92 Å². The van der Waals surface area contributed by atoms with Crippen molar-refractivity contribution in [2.24, 2.45) is 0 Å². The molecule has 16 heavy (non-hydrogen) atoms. The molecule has 0 aliphatic rings. The Bertz CT molecular complexity index is 502. The Labute approximate surface area is 92.5 Å². The molecule has 82 valence electrons. The molecule has 2 rings (SSSR count). The first-order valence-corrected chi connectivity index (χ1v) is 4.82. The number of aromatic amines is 1. The molecule has 0 amide bonds. The molecule has 0 bridgehead atoms. The second-order valence-corrected chi connectivity index (χ2v) is 3.43. The highest BCUT2D eigenvalue weighted by Crippen LogP contribution is 2.17. The first-order chi connectivity index (χ1) is 7.65. The van der Waals surface area contributed by atoms with E-state index in [1.807, 2.05) is 6.92 Å². The molecule has 0 radical (unpaired) electrons. The molecule has 0 aromatic carbocycles. The van der Waals surface area contributed by atoms with E-state index in [1.54, 1.807) is 18.2 Å². The standard InChI is InChI=1S/C11H11N3O2/c1-7-5-11(14-13-7)16-10-4-3-9(6-12-10)8(2)15/h3-6H,1-2H3,(H,13,14). The minimum Gasteiger partial charge on any atom is -0.419 e. The summed E-state index contributed by atoms with van der Waals surface area (Å²) < 4.78 is 5.37. The van der Waals surface area contributed by atoms with E-state index in [4.69, 9.17) is 4.74 Å². The van der Waals surface area contributed by atoms with E-state index in [-0.39, 0.29) is 5.78 Å².